The average molecular weight is 521 g/mol. The lowest BCUT2D eigenvalue weighted by atomic mass is 9.75. The summed E-state index contributed by atoms with van der Waals surface area (Å²) in [5.74, 6) is 0. The minimum Gasteiger partial charge on any atom is -0.355 e. The molecule has 0 atom stereocenters. The van der Waals surface area contributed by atoms with Crippen molar-refractivity contribution in [2.24, 2.45) is 0 Å². The van der Waals surface area contributed by atoms with Gasteiger partial charge in [0.2, 0.25) is 0 Å². The summed E-state index contributed by atoms with van der Waals surface area (Å²) in [4.78, 5) is 9.60. The van der Waals surface area contributed by atoms with E-state index in [9.17, 15) is 0 Å². The fraction of sp³-hybridized carbons (Fsp3) is 0.194. The highest BCUT2D eigenvalue weighted by molar-refractivity contribution is 6.10. The van der Waals surface area contributed by atoms with Crippen LogP contribution in [0.2, 0.25) is 0 Å². The van der Waals surface area contributed by atoms with Gasteiger partial charge in [0.1, 0.15) is 0 Å². The number of hydrogen-bond donors (Lipinski definition) is 0. The summed E-state index contributed by atoms with van der Waals surface area (Å²) in [5.41, 5.74) is 9.98. The van der Waals surface area contributed by atoms with Gasteiger partial charge in [0.15, 0.2) is 0 Å². The molecule has 1 aliphatic heterocycles. The van der Waals surface area contributed by atoms with E-state index >= 15 is 0 Å². The van der Waals surface area contributed by atoms with Gasteiger partial charge in [-0.15, -0.1) is 0 Å². The number of nitrogens with zero attached hydrogens (tertiary/aromatic N) is 4. The van der Waals surface area contributed by atoms with Crippen molar-refractivity contribution in [1.29, 1.82) is 0 Å². The molecule has 0 spiro atoms. The maximum absolute atomic E-state index is 4.87. The number of fused-ring (bicyclic) bond motifs is 4. The second-order valence-electron chi connectivity index (χ2n) is 11.4. The van der Waals surface area contributed by atoms with Gasteiger partial charge in [0.05, 0.1) is 34.8 Å². The molecule has 1 aliphatic carbocycles. The third-order valence-electron chi connectivity index (χ3n) is 9.18. The molecular formula is C36H32N4. The van der Waals surface area contributed by atoms with Crippen LogP contribution in [0.3, 0.4) is 0 Å². The maximum atomic E-state index is 4.87. The van der Waals surface area contributed by atoms with Crippen LogP contribution in [0.4, 0.5) is 17.1 Å². The number of anilines is 3. The summed E-state index contributed by atoms with van der Waals surface area (Å²) in [5, 5.41) is 2.57. The monoisotopic (exact) mass is 520 g/mol. The first-order chi connectivity index (χ1) is 19.7. The predicted molar refractivity (Wildman–Crippen MR) is 166 cm³/mol. The first-order valence-electron chi connectivity index (χ1n) is 14.4. The molecule has 0 amide bonds. The lowest BCUT2D eigenvalue weighted by Crippen LogP contribution is -2.25. The molecule has 3 heterocycles. The van der Waals surface area contributed by atoms with Crippen molar-refractivity contribution in [1.82, 2.24) is 9.55 Å². The topological polar surface area (TPSA) is 24.3 Å². The predicted octanol–water partition coefficient (Wildman–Crippen LogP) is 8.58. The first kappa shape index (κ1) is 23.3. The van der Waals surface area contributed by atoms with Gasteiger partial charge in [0, 0.05) is 40.8 Å². The molecule has 4 aromatic carbocycles. The molecular weight excluding hydrogens is 488 g/mol. The summed E-state index contributed by atoms with van der Waals surface area (Å²) in [6.07, 6.45) is 6.72. The van der Waals surface area contributed by atoms with E-state index in [1.165, 1.54) is 68.7 Å². The molecule has 1 saturated carbocycles. The lowest BCUT2D eigenvalue weighted by Gasteiger charge is -2.30. The highest BCUT2D eigenvalue weighted by atomic mass is 15.4. The minimum absolute atomic E-state index is 0.0228. The van der Waals surface area contributed by atoms with Gasteiger partial charge in [-0.1, -0.05) is 67.4 Å². The molecule has 0 N–H and O–H groups in total. The summed E-state index contributed by atoms with van der Waals surface area (Å²) in [7, 11) is 2.17. The Morgan fingerprint density at radius 2 is 1.43 bits per heavy atom. The van der Waals surface area contributed by atoms with Crippen molar-refractivity contribution >= 4 is 38.9 Å². The average Bonchev–Trinajstić information content (AvgIpc) is 3.73. The molecule has 0 radical (unpaired) electrons. The van der Waals surface area contributed by atoms with Gasteiger partial charge in [-0.3, -0.25) is 4.98 Å². The number of hydrogen-bond acceptors (Lipinski definition) is 3. The smallest absolute Gasteiger partial charge is 0.0950 e. The second-order valence-corrected chi connectivity index (χ2v) is 11.4. The lowest BCUT2D eigenvalue weighted by molar-refractivity contribution is 0.518. The van der Waals surface area contributed by atoms with Gasteiger partial charge in [-0.25, -0.2) is 0 Å². The second kappa shape index (κ2) is 8.99. The molecule has 0 unspecified atom stereocenters. The Hall–Kier alpha value is -4.57. The van der Waals surface area contributed by atoms with Crippen LogP contribution in [-0.4, -0.2) is 23.3 Å². The fourth-order valence-corrected chi connectivity index (χ4v) is 7.27. The van der Waals surface area contributed by atoms with Crippen LogP contribution in [0.25, 0.3) is 27.5 Å². The summed E-state index contributed by atoms with van der Waals surface area (Å²) in [6, 6.07) is 40.1. The molecule has 4 nitrogen and oxygen atoms in total. The van der Waals surface area contributed by atoms with Gasteiger partial charge in [-0.05, 0) is 73.0 Å². The van der Waals surface area contributed by atoms with Crippen molar-refractivity contribution in [2.45, 2.75) is 31.1 Å². The Balaban J connectivity index is 1.32. The van der Waals surface area contributed by atoms with E-state index in [1.54, 1.807) is 0 Å². The standard InChI is InChI=1S/C36H32N4/c1-38-25-39(33-16-5-4-15-32(33)38)27-18-19-30-29-13-2-3-14-31(29)40(34(30)24-27)28-12-10-11-26(23-28)36(20-7-8-21-36)35-17-6-9-22-37-35/h2-6,9-19,22-24H,7-8,20-21,25H2,1H3. The van der Waals surface area contributed by atoms with Gasteiger partial charge in [-0.2, -0.15) is 0 Å². The maximum Gasteiger partial charge on any atom is 0.0950 e. The summed E-state index contributed by atoms with van der Waals surface area (Å²) >= 11 is 0. The number of para-hydroxylation sites is 3. The Morgan fingerprint density at radius 1 is 0.650 bits per heavy atom. The SMILES string of the molecule is CN1CN(c2ccc3c4ccccc4n(-c4cccc(C5(c6ccccn6)CCCC5)c4)c3c2)c2ccccc21. The minimum atomic E-state index is -0.0228. The normalized spacial score (nSPS) is 16.2. The number of rotatable bonds is 4. The van der Waals surface area contributed by atoms with Crippen LogP contribution in [0.5, 0.6) is 0 Å². The molecule has 0 saturated heterocycles. The van der Waals surface area contributed by atoms with Crippen molar-refractivity contribution in [2.75, 3.05) is 23.5 Å². The molecule has 196 valence electrons. The van der Waals surface area contributed by atoms with Gasteiger partial charge in [0.25, 0.3) is 0 Å². The molecule has 2 aromatic heterocycles. The highest BCUT2D eigenvalue weighted by Crippen LogP contribution is 2.47. The van der Waals surface area contributed by atoms with Crippen LogP contribution in [0.1, 0.15) is 36.9 Å². The van der Waals surface area contributed by atoms with Crippen LogP contribution in [-0.2, 0) is 5.41 Å². The highest BCUT2D eigenvalue weighted by Gasteiger charge is 2.38. The Kier molecular flexibility index (Phi) is 5.24. The van der Waals surface area contributed by atoms with E-state index < -0.39 is 0 Å². The molecule has 40 heavy (non-hydrogen) atoms. The summed E-state index contributed by atoms with van der Waals surface area (Å²) < 4.78 is 2.46. The largest absolute Gasteiger partial charge is 0.355 e. The Morgan fingerprint density at radius 3 is 2.27 bits per heavy atom. The first-order valence-corrected chi connectivity index (χ1v) is 14.4. The van der Waals surface area contributed by atoms with E-state index in [0.717, 1.165) is 19.5 Å². The number of benzene rings is 4. The van der Waals surface area contributed by atoms with Crippen molar-refractivity contribution in [3.8, 4) is 5.69 Å². The van der Waals surface area contributed by atoms with E-state index in [2.05, 4.69) is 125 Å². The molecule has 2 aliphatic rings. The van der Waals surface area contributed by atoms with E-state index in [1.807, 2.05) is 12.3 Å². The zero-order valence-corrected chi connectivity index (χ0v) is 22.8. The molecule has 1 fully saturated rings. The van der Waals surface area contributed by atoms with Crippen molar-refractivity contribution in [3.63, 3.8) is 0 Å². The van der Waals surface area contributed by atoms with Crippen LogP contribution >= 0.6 is 0 Å². The quantitative estimate of drug-likeness (QED) is 0.233. The number of aromatic nitrogens is 2. The van der Waals surface area contributed by atoms with Crippen LogP contribution < -0.4 is 9.80 Å². The van der Waals surface area contributed by atoms with Crippen LogP contribution in [0.15, 0.2) is 115 Å². The number of pyridine rings is 1. The van der Waals surface area contributed by atoms with Crippen molar-refractivity contribution < 1.29 is 0 Å². The molecule has 6 aromatic rings. The molecule has 0 bridgehead atoms. The van der Waals surface area contributed by atoms with Crippen molar-refractivity contribution in [3.05, 3.63) is 127 Å². The van der Waals surface area contributed by atoms with Crippen LogP contribution in [0, 0.1) is 0 Å². The zero-order valence-electron chi connectivity index (χ0n) is 22.8. The van der Waals surface area contributed by atoms with E-state index in [0.29, 0.717) is 0 Å². The van der Waals surface area contributed by atoms with Gasteiger partial charge < -0.3 is 14.4 Å². The molecule has 4 heteroatoms. The van der Waals surface area contributed by atoms with E-state index in [-0.39, 0.29) is 5.41 Å². The Labute approximate surface area is 235 Å². The zero-order chi connectivity index (χ0) is 26.7. The summed E-state index contributed by atoms with van der Waals surface area (Å²) in [6.45, 7) is 0.840. The third-order valence-corrected chi connectivity index (χ3v) is 9.18. The molecule has 8 rings (SSSR count). The third kappa shape index (κ3) is 3.42. The van der Waals surface area contributed by atoms with E-state index in [4.69, 9.17) is 4.98 Å². The van der Waals surface area contributed by atoms with Gasteiger partial charge >= 0.3 is 0 Å². The Bertz CT molecular complexity index is 1860. The fourth-order valence-electron chi connectivity index (χ4n) is 7.27.